The molecule has 1 unspecified atom stereocenters. The second-order valence-electron chi connectivity index (χ2n) is 5.00. The SMILES string of the molecule is CCCOC1CCCN(c2nc(C)nc(Cl)c2C=O)C1. The van der Waals surface area contributed by atoms with Gasteiger partial charge in [-0.2, -0.15) is 0 Å². The summed E-state index contributed by atoms with van der Waals surface area (Å²) in [5.41, 5.74) is 0.369. The predicted octanol–water partition coefficient (Wildman–Crippen LogP) is 2.65. The highest BCUT2D eigenvalue weighted by molar-refractivity contribution is 6.32. The highest BCUT2D eigenvalue weighted by Gasteiger charge is 2.24. The molecule has 110 valence electrons. The fraction of sp³-hybridized carbons (Fsp3) is 0.643. The summed E-state index contributed by atoms with van der Waals surface area (Å²) >= 11 is 6.03. The van der Waals surface area contributed by atoms with E-state index in [1.54, 1.807) is 6.92 Å². The van der Waals surface area contributed by atoms with Crippen molar-refractivity contribution >= 4 is 23.7 Å². The Labute approximate surface area is 124 Å². The second kappa shape index (κ2) is 6.99. The number of nitrogens with zero attached hydrogens (tertiary/aromatic N) is 3. The van der Waals surface area contributed by atoms with E-state index in [0.717, 1.165) is 45.2 Å². The first kappa shape index (κ1) is 15.2. The summed E-state index contributed by atoms with van der Waals surface area (Å²) in [7, 11) is 0. The third-order valence-electron chi connectivity index (χ3n) is 3.34. The number of aryl methyl sites for hydroxylation is 1. The monoisotopic (exact) mass is 297 g/mol. The Morgan fingerprint density at radius 1 is 1.50 bits per heavy atom. The van der Waals surface area contributed by atoms with Crippen molar-refractivity contribution in [1.82, 2.24) is 9.97 Å². The van der Waals surface area contributed by atoms with E-state index in [9.17, 15) is 4.79 Å². The summed E-state index contributed by atoms with van der Waals surface area (Å²) in [6.07, 6.45) is 4.00. The Hall–Kier alpha value is -1.20. The first-order chi connectivity index (χ1) is 9.65. The van der Waals surface area contributed by atoms with Crippen LogP contribution in [-0.2, 0) is 4.74 Å². The maximum Gasteiger partial charge on any atom is 0.156 e. The molecule has 0 bridgehead atoms. The molecule has 0 aromatic carbocycles. The summed E-state index contributed by atoms with van der Waals surface area (Å²) in [5.74, 6) is 1.20. The van der Waals surface area contributed by atoms with Gasteiger partial charge in [-0.3, -0.25) is 4.79 Å². The van der Waals surface area contributed by atoms with E-state index in [0.29, 0.717) is 17.2 Å². The molecule has 0 saturated carbocycles. The number of hydrogen-bond acceptors (Lipinski definition) is 5. The Morgan fingerprint density at radius 2 is 2.30 bits per heavy atom. The second-order valence-corrected chi connectivity index (χ2v) is 5.36. The summed E-state index contributed by atoms with van der Waals surface area (Å²) in [6.45, 7) is 6.24. The fourth-order valence-electron chi connectivity index (χ4n) is 2.43. The van der Waals surface area contributed by atoms with Gasteiger partial charge in [0.05, 0.1) is 11.7 Å². The van der Waals surface area contributed by atoms with Gasteiger partial charge in [0.25, 0.3) is 0 Å². The van der Waals surface area contributed by atoms with Gasteiger partial charge >= 0.3 is 0 Å². The van der Waals surface area contributed by atoms with Gasteiger partial charge in [0.15, 0.2) is 6.29 Å². The number of halogens is 1. The van der Waals surface area contributed by atoms with E-state index >= 15 is 0 Å². The average molecular weight is 298 g/mol. The molecule has 1 aliphatic rings. The molecule has 1 aromatic heterocycles. The van der Waals surface area contributed by atoms with Crippen LogP contribution in [0.5, 0.6) is 0 Å². The summed E-state index contributed by atoms with van der Waals surface area (Å²) in [4.78, 5) is 21.7. The van der Waals surface area contributed by atoms with Gasteiger partial charge in [0, 0.05) is 19.7 Å². The predicted molar refractivity (Wildman–Crippen MR) is 78.6 cm³/mol. The topological polar surface area (TPSA) is 55.3 Å². The van der Waals surface area contributed by atoms with Crippen LogP contribution in [0.25, 0.3) is 0 Å². The van der Waals surface area contributed by atoms with Gasteiger partial charge in [0.2, 0.25) is 0 Å². The average Bonchev–Trinajstić information content (AvgIpc) is 2.44. The van der Waals surface area contributed by atoms with E-state index in [-0.39, 0.29) is 11.3 Å². The number of piperidine rings is 1. The Kier molecular flexibility index (Phi) is 5.31. The van der Waals surface area contributed by atoms with Gasteiger partial charge in [0.1, 0.15) is 16.8 Å². The van der Waals surface area contributed by atoms with Crippen LogP contribution in [0.1, 0.15) is 42.4 Å². The molecule has 1 aliphatic heterocycles. The molecular formula is C14H20ClN3O2. The molecule has 1 aromatic rings. The van der Waals surface area contributed by atoms with Gasteiger partial charge in [-0.1, -0.05) is 18.5 Å². The number of rotatable bonds is 5. The van der Waals surface area contributed by atoms with E-state index in [1.807, 2.05) is 0 Å². The Bertz CT molecular complexity index is 482. The molecule has 1 fully saturated rings. The van der Waals surface area contributed by atoms with E-state index in [4.69, 9.17) is 16.3 Å². The lowest BCUT2D eigenvalue weighted by Gasteiger charge is -2.34. The molecule has 0 aliphatic carbocycles. The minimum atomic E-state index is 0.192. The van der Waals surface area contributed by atoms with Crippen LogP contribution >= 0.6 is 11.6 Å². The van der Waals surface area contributed by atoms with Gasteiger partial charge in [-0.25, -0.2) is 9.97 Å². The van der Waals surface area contributed by atoms with Crippen LogP contribution in [0.4, 0.5) is 5.82 Å². The van der Waals surface area contributed by atoms with Crippen LogP contribution in [0.15, 0.2) is 0 Å². The van der Waals surface area contributed by atoms with Crippen LogP contribution < -0.4 is 4.90 Å². The number of aldehydes is 1. The minimum Gasteiger partial charge on any atom is -0.376 e. The fourth-order valence-corrected chi connectivity index (χ4v) is 2.68. The molecule has 0 spiro atoms. The first-order valence-corrected chi connectivity index (χ1v) is 7.39. The number of carbonyl (C=O) groups excluding carboxylic acids is 1. The number of ether oxygens (including phenoxy) is 1. The molecule has 1 atom stereocenters. The van der Waals surface area contributed by atoms with Crippen LogP contribution in [0.2, 0.25) is 5.15 Å². The van der Waals surface area contributed by atoms with Gasteiger partial charge in [-0.15, -0.1) is 0 Å². The molecule has 2 rings (SSSR count). The van der Waals surface area contributed by atoms with Crippen molar-refractivity contribution < 1.29 is 9.53 Å². The zero-order valence-electron chi connectivity index (χ0n) is 11.9. The summed E-state index contributed by atoms with van der Waals surface area (Å²) in [6, 6.07) is 0. The van der Waals surface area contributed by atoms with E-state index in [1.165, 1.54) is 0 Å². The van der Waals surface area contributed by atoms with Crippen LogP contribution in [-0.4, -0.2) is 42.1 Å². The minimum absolute atomic E-state index is 0.192. The normalized spacial score (nSPS) is 19.1. The molecular weight excluding hydrogens is 278 g/mol. The van der Waals surface area contributed by atoms with Crippen molar-refractivity contribution in [2.45, 2.75) is 39.2 Å². The molecule has 0 N–H and O–H groups in total. The molecule has 1 saturated heterocycles. The van der Waals surface area contributed by atoms with Crippen molar-refractivity contribution in [3.63, 3.8) is 0 Å². The van der Waals surface area contributed by atoms with Gasteiger partial charge < -0.3 is 9.64 Å². The first-order valence-electron chi connectivity index (χ1n) is 7.01. The molecule has 20 heavy (non-hydrogen) atoms. The quantitative estimate of drug-likeness (QED) is 0.618. The van der Waals surface area contributed by atoms with Crippen molar-refractivity contribution in [3.05, 3.63) is 16.5 Å². The standard InChI is InChI=1S/C14H20ClN3O2/c1-3-7-20-11-5-4-6-18(8-11)14-12(9-19)13(15)16-10(2)17-14/h9,11H,3-8H2,1-2H3. The zero-order chi connectivity index (χ0) is 14.5. The van der Waals surface area contributed by atoms with Crippen molar-refractivity contribution in [1.29, 1.82) is 0 Å². The van der Waals surface area contributed by atoms with E-state index < -0.39 is 0 Å². The highest BCUT2D eigenvalue weighted by Crippen LogP contribution is 2.26. The highest BCUT2D eigenvalue weighted by atomic mass is 35.5. The number of hydrogen-bond donors (Lipinski definition) is 0. The lowest BCUT2D eigenvalue weighted by atomic mass is 10.1. The number of aromatic nitrogens is 2. The molecule has 0 radical (unpaired) electrons. The van der Waals surface area contributed by atoms with Gasteiger partial charge in [-0.05, 0) is 26.2 Å². The number of anilines is 1. The summed E-state index contributed by atoms with van der Waals surface area (Å²) < 4.78 is 5.81. The Morgan fingerprint density at radius 3 is 3.00 bits per heavy atom. The molecule has 5 nitrogen and oxygen atoms in total. The van der Waals surface area contributed by atoms with Crippen molar-refractivity contribution in [2.75, 3.05) is 24.6 Å². The largest absolute Gasteiger partial charge is 0.376 e. The maximum absolute atomic E-state index is 11.2. The third kappa shape index (κ3) is 3.46. The molecule has 0 amide bonds. The van der Waals surface area contributed by atoms with E-state index in [2.05, 4.69) is 21.8 Å². The molecule has 6 heteroatoms. The summed E-state index contributed by atoms with van der Waals surface area (Å²) in [5, 5.41) is 0.221. The van der Waals surface area contributed by atoms with Crippen LogP contribution in [0.3, 0.4) is 0 Å². The van der Waals surface area contributed by atoms with Crippen molar-refractivity contribution in [3.8, 4) is 0 Å². The van der Waals surface area contributed by atoms with Crippen molar-refractivity contribution in [2.24, 2.45) is 0 Å². The number of carbonyl (C=O) groups is 1. The van der Waals surface area contributed by atoms with Crippen LogP contribution in [0, 0.1) is 6.92 Å². The smallest absolute Gasteiger partial charge is 0.156 e. The third-order valence-corrected chi connectivity index (χ3v) is 3.63. The maximum atomic E-state index is 11.2. The zero-order valence-corrected chi connectivity index (χ0v) is 12.7. The lowest BCUT2D eigenvalue weighted by molar-refractivity contribution is 0.0438. The lowest BCUT2D eigenvalue weighted by Crippen LogP contribution is -2.41. The Balaban J connectivity index is 2.20. The molecule has 2 heterocycles.